The average Bonchev–Trinajstić information content (AvgIpc) is 3.40. The highest BCUT2D eigenvalue weighted by atomic mass is 16.6. The Morgan fingerprint density at radius 3 is 1.72 bits per heavy atom. The molecule has 1 heterocycles. The predicted molar refractivity (Wildman–Crippen MR) is 187 cm³/mol. The molecule has 15 nitrogen and oxygen atoms in total. The van der Waals surface area contributed by atoms with E-state index in [2.05, 4.69) is 26.4 Å². The van der Waals surface area contributed by atoms with Crippen LogP contribution in [0.1, 0.15) is 43.9 Å². The zero-order valence-corrected chi connectivity index (χ0v) is 28.1. The van der Waals surface area contributed by atoms with Gasteiger partial charge in [-0.1, -0.05) is 91.0 Å². The van der Waals surface area contributed by atoms with E-state index in [0.717, 1.165) is 16.7 Å². The molecule has 4 rings (SSSR count). The molecule has 1 aromatic heterocycles. The van der Waals surface area contributed by atoms with Crippen molar-refractivity contribution < 1.29 is 34.1 Å². The molecule has 0 bridgehead atoms. The van der Waals surface area contributed by atoms with Gasteiger partial charge >= 0.3 is 18.3 Å². The monoisotopic (exact) mass is 686 g/mol. The van der Waals surface area contributed by atoms with Crippen LogP contribution in [0.25, 0.3) is 0 Å². The van der Waals surface area contributed by atoms with Gasteiger partial charge in [0.1, 0.15) is 22.6 Å². The van der Waals surface area contributed by atoms with E-state index in [1.54, 1.807) is 32.5 Å². The zero-order valence-electron chi connectivity index (χ0n) is 28.1. The van der Waals surface area contributed by atoms with Crippen molar-refractivity contribution in [2.45, 2.75) is 50.7 Å². The van der Waals surface area contributed by atoms with Gasteiger partial charge in [-0.05, 0) is 43.9 Å². The lowest BCUT2D eigenvalue weighted by atomic mass is 9.77. The van der Waals surface area contributed by atoms with Gasteiger partial charge in [-0.3, -0.25) is 25.4 Å². The van der Waals surface area contributed by atoms with E-state index in [0.29, 0.717) is 5.82 Å². The van der Waals surface area contributed by atoms with Crippen molar-refractivity contribution in [1.29, 1.82) is 0 Å². The van der Waals surface area contributed by atoms with E-state index >= 15 is 0 Å². The van der Waals surface area contributed by atoms with E-state index in [1.807, 2.05) is 102 Å². The molecule has 3 aromatic carbocycles. The van der Waals surface area contributed by atoms with Gasteiger partial charge in [0.2, 0.25) is 5.91 Å². The fraction of sp³-hybridized carbons (Fsp3) is 0.286. The molecule has 8 N–H and O–H groups in total. The van der Waals surface area contributed by atoms with Gasteiger partial charge in [-0.15, -0.1) is 0 Å². The third-order valence-corrected chi connectivity index (χ3v) is 7.44. The van der Waals surface area contributed by atoms with Crippen LogP contribution in [0.3, 0.4) is 0 Å². The number of carbonyl (C=O) groups is 4. The van der Waals surface area contributed by atoms with Crippen LogP contribution in [0.15, 0.2) is 97.2 Å². The number of nitrogens with zero attached hydrogens (tertiary/aromatic N) is 2. The highest BCUT2D eigenvalue weighted by Crippen LogP contribution is 2.41. The lowest BCUT2D eigenvalue weighted by Crippen LogP contribution is -2.61. The van der Waals surface area contributed by atoms with Crippen LogP contribution in [0.5, 0.6) is 0 Å². The molecule has 264 valence electrons. The molecule has 0 saturated heterocycles. The van der Waals surface area contributed by atoms with Gasteiger partial charge in [0.25, 0.3) is 0 Å². The minimum atomic E-state index is -1.57. The Hall–Kier alpha value is -6.09. The Labute approximate surface area is 289 Å². The Morgan fingerprint density at radius 1 is 0.800 bits per heavy atom. The lowest BCUT2D eigenvalue weighted by molar-refractivity contribution is -0.118. The second-order valence-electron chi connectivity index (χ2n) is 12.3. The number of carbonyl (C=O) groups excluding carboxylic acids is 2. The normalized spacial score (nSPS) is 12.0. The number of amides is 4. The van der Waals surface area contributed by atoms with Gasteiger partial charge < -0.3 is 30.9 Å². The number of hydrogen-bond donors (Lipinski definition) is 8. The number of anilines is 2. The molecule has 0 unspecified atom stereocenters. The SMILES string of the molecule is Cn1ncc(NC(=O)[C@H](CCNC(=O)OC(C)(C)C)NC(NC(=O)O)NC(=O)O)c1NC(c1ccccc1)(c1ccccc1)c1ccccc1. The summed E-state index contributed by atoms with van der Waals surface area (Å²) in [6.07, 6.45) is -4.01. The minimum absolute atomic E-state index is 0.0792. The minimum Gasteiger partial charge on any atom is -0.465 e. The van der Waals surface area contributed by atoms with Crippen molar-refractivity contribution in [2.24, 2.45) is 7.05 Å². The summed E-state index contributed by atoms with van der Waals surface area (Å²) in [5.74, 6) is -0.231. The molecule has 4 aromatic rings. The smallest absolute Gasteiger partial charge is 0.407 e. The summed E-state index contributed by atoms with van der Waals surface area (Å²) in [4.78, 5) is 49.1. The van der Waals surface area contributed by atoms with Gasteiger partial charge in [-0.25, -0.2) is 14.4 Å². The summed E-state index contributed by atoms with van der Waals surface area (Å²) in [5, 5.41) is 38.8. The highest BCUT2D eigenvalue weighted by molar-refractivity contribution is 5.97. The number of alkyl carbamates (subject to hydrolysis) is 1. The number of nitrogens with one attached hydrogen (secondary N) is 6. The second kappa shape index (κ2) is 16.3. The van der Waals surface area contributed by atoms with Crippen LogP contribution in [0.2, 0.25) is 0 Å². The molecule has 50 heavy (non-hydrogen) atoms. The zero-order chi connectivity index (χ0) is 36.3. The standard InChI is InChI=1S/C35H42N8O7/c1-34(2,3)50-33(49)36-21-20-26(39-30(40-31(45)46)41-32(47)48)29(44)38-27-22-37-43(4)28(27)42-35(23-14-8-5-9-15-23,24-16-10-6-11-17-24)25-18-12-7-13-19-25/h5-19,22,26,30,39-42H,20-21H2,1-4H3,(H,36,49)(H,38,44)(H,45,46)(H,47,48)/t26-/m0/s1. The molecular weight excluding hydrogens is 644 g/mol. The maximum atomic E-state index is 13.9. The second-order valence-corrected chi connectivity index (χ2v) is 12.3. The first-order valence-electron chi connectivity index (χ1n) is 15.8. The van der Waals surface area contributed by atoms with Crippen molar-refractivity contribution in [2.75, 3.05) is 17.2 Å². The number of ether oxygens (including phenoxy) is 1. The fourth-order valence-electron chi connectivity index (χ4n) is 5.35. The first-order valence-corrected chi connectivity index (χ1v) is 15.8. The van der Waals surface area contributed by atoms with Crippen LogP contribution < -0.4 is 31.9 Å². The molecule has 1 atom stereocenters. The highest BCUT2D eigenvalue weighted by Gasteiger charge is 2.38. The molecule has 0 aliphatic rings. The summed E-state index contributed by atoms with van der Waals surface area (Å²) in [6.45, 7) is 5.02. The Balaban J connectivity index is 1.70. The van der Waals surface area contributed by atoms with E-state index in [1.165, 1.54) is 6.20 Å². The molecule has 0 spiro atoms. The van der Waals surface area contributed by atoms with E-state index < -0.39 is 47.7 Å². The molecule has 0 radical (unpaired) electrons. The predicted octanol–water partition coefficient (Wildman–Crippen LogP) is 4.45. The van der Waals surface area contributed by atoms with E-state index in [4.69, 9.17) is 4.74 Å². The van der Waals surface area contributed by atoms with Gasteiger partial charge in [0.05, 0.1) is 12.2 Å². The average molecular weight is 687 g/mol. The van der Waals surface area contributed by atoms with Crippen molar-refractivity contribution in [1.82, 2.24) is 31.0 Å². The third kappa shape index (κ3) is 9.73. The molecule has 4 amide bonds. The maximum Gasteiger partial charge on any atom is 0.407 e. The lowest BCUT2D eigenvalue weighted by Gasteiger charge is -2.38. The molecule has 0 saturated carbocycles. The van der Waals surface area contributed by atoms with Crippen LogP contribution in [0, 0.1) is 0 Å². The Morgan fingerprint density at radius 2 is 1.28 bits per heavy atom. The number of aryl methyl sites for hydroxylation is 1. The largest absolute Gasteiger partial charge is 0.465 e. The van der Waals surface area contributed by atoms with Crippen molar-refractivity contribution in [3.63, 3.8) is 0 Å². The van der Waals surface area contributed by atoms with Crippen LogP contribution in [-0.4, -0.2) is 68.7 Å². The van der Waals surface area contributed by atoms with Crippen molar-refractivity contribution >= 4 is 35.7 Å². The molecular formula is C35H42N8O7. The topological polar surface area (TPSA) is 208 Å². The number of rotatable bonds is 14. The number of aromatic nitrogens is 2. The van der Waals surface area contributed by atoms with Crippen LogP contribution in [-0.2, 0) is 22.1 Å². The molecule has 0 aliphatic carbocycles. The molecule has 0 aliphatic heterocycles. The van der Waals surface area contributed by atoms with Crippen molar-refractivity contribution in [3.8, 4) is 0 Å². The first kappa shape index (κ1) is 36.7. The summed E-state index contributed by atoms with van der Waals surface area (Å²) in [7, 11) is 1.72. The summed E-state index contributed by atoms with van der Waals surface area (Å²) < 4.78 is 6.84. The maximum absolute atomic E-state index is 13.9. The molecule has 15 heteroatoms. The van der Waals surface area contributed by atoms with E-state index in [9.17, 15) is 29.4 Å². The number of benzene rings is 3. The third-order valence-electron chi connectivity index (χ3n) is 7.44. The summed E-state index contributed by atoms with van der Waals surface area (Å²) in [6, 6.07) is 28.2. The van der Waals surface area contributed by atoms with Gasteiger partial charge in [0, 0.05) is 13.6 Å². The number of carboxylic acid groups (broad SMARTS) is 2. The van der Waals surface area contributed by atoms with Gasteiger partial charge in [-0.2, -0.15) is 5.10 Å². The number of hydrogen-bond acceptors (Lipinski definition) is 8. The van der Waals surface area contributed by atoms with Crippen LogP contribution in [0.4, 0.5) is 25.9 Å². The van der Waals surface area contributed by atoms with Crippen LogP contribution >= 0.6 is 0 Å². The Bertz CT molecular complexity index is 1630. The Kier molecular flexibility index (Phi) is 12.0. The summed E-state index contributed by atoms with van der Waals surface area (Å²) in [5.41, 5.74) is 1.28. The fourth-order valence-corrected chi connectivity index (χ4v) is 5.35. The molecule has 0 fully saturated rings. The summed E-state index contributed by atoms with van der Waals surface area (Å²) >= 11 is 0. The van der Waals surface area contributed by atoms with Crippen molar-refractivity contribution in [3.05, 3.63) is 114 Å². The van der Waals surface area contributed by atoms with E-state index in [-0.39, 0.29) is 18.7 Å². The van der Waals surface area contributed by atoms with Gasteiger partial charge in [0.15, 0.2) is 6.29 Å². The quantitative estimate of drug-likeness (QED) is 0.0690. The first-order chi connectivity index (χ1) is 23.8.